The third-order valence-electron chi connectivity index (χ3n) is 7.03. The standard InChI is InChI=1S/C21H24N4O4/c26-17-4-3-16(18(27)24-17)25-19(28)14-2-1-12(7-15(14)20(25)29)8-22-10-21-6-5-13(21)9-23-11-21/h1-2,7,13,16,22-23H,3-6,8-11H2,(H,24,26,27)/t13-,16?,21-/m0/s1. The highest BCUT2D eigenvalue weighted by Gasteiger charge is 2.49. The number of piperidine rings is 1. The first kappa shape index (κ1) is 18.4. The molecule has 8 nitrogen and oxygen atoms in total. The third kappa shape index (κ3) is 2.89. The van der Waals surface area contributed by atoms with Crippen LogP contribution in [0, 0.1) is 11.3 Å². The van der Waals surface area contributed by atoms with Crippen LogP contribution in [0.25, 0.3) is 0 Å². The first-order valence-electron chi connectivity index (χ1n) is 10.2. The lowest BCUT2D eigenvalue weighted by atomic mass is 9.62. The van der Waals surface area contributed by atoms with E-state index >= 15 is 0 Å². The Morgan fingerprint density at radius 2 is 1.93 bits per heavy atom. The van der Waals surface area contributed by atoms with Crippen molar-refractivity contribution in [2.24, 2.45) is 11.3 Å². The van der Waals surface area contributed by atoms with E-state index in [0.29, 0.717) is 23.1 Å². The summed E-state index contributed by atoms with van der Waals surface area (Å²) in [6, 6.07) is 4.34. The number of nitrogens with zero attached hydrogens (tertiary/aromatic N) is 1. The molecule has 3 aliphatic heterocycles. The molecule has 3 heterocycles. The van der Waals surface area contributed by atoms with E-state index in [2.05, 4.69) is 16.0 Å². The summed E-state index contributed by atoms with van der Waals surface area (Å²) in [5, 5.41) is 9.21. The molecule has 0 spiro atoms. The van der Waals surface area contributed by atoms with E-state index in [1.165, 1.54) is 12.8 Å². The van der Waals surface area contributed by atoms with Gasteiger partial charge in [0.2, 0.25) is 11.8 Å². The molecule has 8 heteroatoms. The fraction of sp³-hybridized carbons (Fsp3) is 0.524. The predicted octanol–water partition coefficient (Wildman–Crippen LogP) is 0.177. The van der Waals surface area contributed by atoms with E-state index in [9.17, 15) is 19.2 Å². The minimum absolute atomic E-state index is 0.122. The number of carbonyl (C=O) groups excluding carboxylic acids is 4. The van der Waals surface area contributed by atoms with Gasteiger partial charge < -0.3 is 10.6 Å². The van der Waals surface area contributed by atoms with Crippen molar-refractivity contribution in [1.82, 2.24) is 20.9 Å². The monoisotopic (exact) mass is 396 g/mol. The quantitative estimate of drug-likeness (QED) is 0.613. The normalized spacial score (nSPS) is 30.8. The topological polar surface area (TPSA) is 108 Å². The van der Waals surface area contributed by atoms with Crippen molar-refractivity contribution >= 4 is 23.6 Å². The van der Waals surface area contributed by atoms with Crippen LogP contribution in [0.2, 0.25) is 0 Å². The molecule has 1 unspecified atom stereocenters. The molecule has 1 aliphatic carbocycles. The van der Waals surface area contributed by atoms with Gasteiger partial charge in [-0.05, 0) is 54.8 Å². The second kappa shape index (κ2) is 6.74. The zero-order chi connectivity index (χ0) is 20.2. The van der Waals surface area contributed by atoms with Crippen molar-refractivity contribution in [3.05, 3.63) is 34.9 Å². The van der Waals surface area contributed by atoms with Crippen molar-refractivity contribution in [3.8, 4) is 0 Å². The zero-order valence-electron chi connectivity index (χ0n) is 16.1. The highest BCUT2D eigenvalue weighted by molar-refractivity contribution is 6.23. The molecule has 0 bridgehead atoms. The molecule has 2 saturated heterocycles. The molecule has 3 fully saturated rings. The maximum Gasteiger partial charge on any atom is 0.262 e. The number of nitrogens with one attached hydrogen (secondary N) is 3. The molecule has 4 aliphatic rings. The maximum atomic E-state index is 12.9. The first-order valence-corrected chi connectivity index (χ1v) is 10.2. The third-order valence-corrected chi connectivity index (χ3v) is 7.03. The Kier molecular flexibility index (Phi) is 4.29. The van der Waals surface area contributed by atoms with Crippen molar-refractivity contribution in [3.63, 3.8) is 0 Å². The van der Waals surface area contributed by atoms with E-state index in [1.807, 2.05) is 6.07 Å². The lowest BCUT2D eigenvalue weighted by Gasteiger charge is -2.44. The number of benzene rings is 1. The van der Waals surface area contributed by atoms with Crippen LogP contribution in [0.4, 0.5) is 0 Å². The minimum atomic E-state index is -0.925. The molecule has 1 aromatic carbocycles. The first-order chi connectivity index (χ1) is 14.0. The van der Waals surface area contributed by atoms with Crippen molar-refractivity contribution in [2.45, 2.75) is 38.3 Å². The van der Waals surface area contributed by atoms with E-state index in [-0.39, 0.29) is 18.7 Å². The Bertz CT molecular complexity index is 929. The average Bonchev–Trinajstić information content (AvgIpc) is 3.10. The van der Waals surface area contributed by atoms with Crippen LogP contribution in [0.5, 0.6) is 0 Å². The van der Waals surface area contributed by atoms with Gasteiger partial charge in [0.1, 0.15) is 6.04 Å². The fourth-order valence-electron chi connectivity index (χ4n) is 5.18. The van der Waals surface area contributed by atoms with Crippen LogP contribution in [0.3, 0.4) is 0 Å². The number of hydrogen-bond donors (Lipinski definition) is 3. The molecule has 0 aromatic heterocycles. The molecule has 152 valence electrons. The van der Waals surface area contributed by atoms with Crippen LogP contribution in [0.1, 0.15) is 52.0 Å². The summed E-state index contributed by atoms with van der Waals surface area (Å²) >= 11 is 0. The van der Waals surface area contributed by atoms with E-state index in [1.54, 1.807) is 12.1 Å². The Hall–Kier alpha value is -2.58. The van der Waals surface area contributed by atoms with E-state index in [4.69, 9.17) is 0 Å². The van der Waals surface area contributed by atoms with Gasteiger partial charge in [0.15, 0.2) is 0 Å². The average molecular weight is 396 g/mol. The number of hydrogen-bond acceptors (Lipinski definition) is 6. The summed E-state index contributed by atoms with van der Waals surface area (Å²) in [4.78, 5) is 50.1. The number of rotatable bonds is 5. The lowest BCUT2D eigenvalue weighted by Crippen LogP contribution is -2.54. The second-order valence-electron chi connectivity index (χ2n) is 8.66. The highest BCUT2D eigenvalue weighted by atomic mass is 16.2. The van der Waals surface area contributed by atoms with Crippen LogP contribution < -0.4 is 16.0 Å². The molecule has 29 heavy (non-hydrogen) atoms. The molecule has 3 N–H and O–H groups in total. The number of fused-ring (bicyclic) bond motifs is 2. The Morgan fingerprint density at radius 1 is 1.10 bits per heavy atom. The zero-order valence-corrected chi connectivity index (χ0v) is 16.1. The Balaban J connectivity index is 1.28. The Morgan fingerprint density at radius 3 is 2.66 bits per heavy atom. The van der Waals surface area contributed by atoms with Gasteiger partial charge in [0, 0.05) is 26.1 Å². The Labute approximate surface area is 168 Å². The molecule has 1 aromatic rings. The molecule has 5 rings (SSSR count). The lowest BCUT2D eigenvalue weighted by molar-refractivity contribution is -0.136. The SMILES string of the molecule is O=C1CCC(N2C(=O)c3ccc(CNC[C@]45CC[C@H]4CNC5)cc3C2=O)C(=O)N1. The van der Waals surface area contributed by atoms with Gasteiger partial charge in [0.05, 0.1) is 11.1 Å². The summed E-state index contributed by atoms with van der Waals surface area (Å²) in [6.07, 6.45) is 2.83. The minimum Gasteiger partial charge on any atom is -0.316 e. The summed E-state index contributed by atoms with van der Waals surface area (Å²) in [5.74, 6) is -1.12. The maximum absolute atomic E-state index is 12.9. The largest absolute Gasteiger partial charge is 0.316 e. The van der Waals surface area contributed by atoms with Gasteiger partial charge >= 0.3 is 0 Å². The number of imide groups is 2. The number of carbonyl (C=O) groups is 4. The summed E-state index contributed by atoms with van der Waals surface area (Å²) in [7, 11) is 0. The summed E-state index contributed by atoms with van der Waals surface area (Å²) in [5.41, 5.74) is 1.96. The van der Waals surface area contributed by atoms with Gasteiger partial charge in [-0.2, -0.15) is 0 Å². The van der Waals surface area contributed by atoms with Gasteiger partial charge in [-0.1, -0.05) is 6.07 Å². The van der Waals surface area contributed by atoms with Crippen molar-refractivity contribution in [2.75, 3.05) is 19.6 Å². The summed E-state index contributed by atoms with van der Waals surface area (Å²) in [6.45, 7) is 3.73. The molecular formula is C21H24N4O4. The van der Waals surface area contributed by atoms with Gasteiger partial charge in [-0.25, -0.2) is 0 Å². The van der Waals surface area contributed by atoms with Crippen molar-refractivity contribution in [1.29, 1.82) is 0 Å². The molecule has 1 saturated carbocycles. The molecule has 0 radical (unpaired) electrons. The van der Waals surface area contributed by atoms with Crippen molar-refractivity contribution < 1.29 is 19.2 Å². The number of amides is 4. The van der Waals surface area contributed by atoms with E-state index in [0.717, 1.165) is 36.0 Å². The van der Waals surface area contributed by atoms with Gasteiger partial charge in [0.25, 0.3) is 11.8 Å². The fourth-order valence-corrected chi connectivity index (χ4v) is 5.18. The highest BCUT2D eigenvalue weighted by Crippen LogP contribution is 2.48. The van der Waals surface area contributed by atoms with Crippen LogP contribution >= 0.6 is 0 Å². The molecule has 3 atom stereocenters. The van der Waals surface area contributed by atoms with Gasteiger partial charge in [-0.15, -0.1) is 0 Å². The van der Waals surface area contributed by atoms with Gasteiger partial charge in [-0.3, -0.25) is 29.4 Å². The predicted molar refractivity (Wildman–Crippen MR) is 103 cm³/mol. The molecular weight excluding hydrogens is 372 g/mol. The second-order valence-corrected chi connectivity index (χ2v) is 8.66. The smallest absolute Gasteiger partial charge is 0.262 e. The molecule has 4 amide bonds. The van der Waals surface area contributed by atoms with E-state index < -0.39 is 23.8 Å². The van der Waals surface area contributed by atoms with Crippen LogP contribution in [0.15, 0.2) is 18.2 Å². The summed E-state index contributed by atoms with van der Waals surface area (Å²) < 4.78 is 0. The van der Waals surface area contributed by atoms with Crippen LogP contribution in [-0.4, -0.2) is 54.2 Å². The van der Waals surface area contributed by atoms with Crippen LogP contribution in [-0.2, 0) is 16.1 Å².